The van der Waals surface area contributed by atoms with E-state index in [1.165, 1.54) is 6.20 Å². The molecular formula is C18H23ClINO4. The Bertz CT molecular complexity index is 699. The Labute approximate surface area is 167 Å². The second-order valence-electron chi connectivity index (χ2n) is 5.90. The maximum atomic E-state index is 12.9. The highest BCUT2D eigenvalue weighted by molar-refractivity contribution is 14.1. The molecule has 0 saturated carbocycles. The minimum Gasteiger partial charge on any atom is -0.490 e. The molecule has 0 aliphatic carbocycles. The fourth-order valence-corrected chi connectivity index (χ4v) is 3.17. The lowest BCUT2D eigenvalue weighted by molar-refractivity contribution is -0.138. The number of carbonyl (C=O) groups is 2. The van der Waals surface area contributed by atoms with Gasteiger partial charge >= 0.3 is 5.97 Å². The minimum absolute atomic E-state index is 0.0198. The van der Waals surface area contributed by atoms with E-state index in [0.717, 1.165) is 3.57 Å². The summed E-state index contributed by atoms with van der Waals surface area (Å²) < 4.78 is 11.5. The lowest BCUT2D eigenvalue weighted by atomic mass is 10.0. The molecule has 1 aromatic carbocycles. The standard InChI is InChI=1S/C18H23ClINO4/c1-7-24-18(23)13(9-21(5)6)16(22)12-8-14(20)17(25-10(2)3)11(4)15(12)19/h8-10H,7H2,1-6H3/b13-9-. The monoisotopic (exact) mass is 479 g/mol. The van der Waals surface area contributed by atoms with E-state index in [-0.39, 0.29) is 28.9 Å². The van der Waals surface area contributed by atoms with Gasteiger partial charge in [0.05, 0.1) is 21.3 Å². The molecule has 0 amide bonds. The van der Waals surface area contributed by atoms with Gasteiger partial charge in [0, 0.05) is 31.4 Å². The molecule has 0 aromatic heterocycles. The van der Waals surface area contributed by atoms with Crippen LogP contribution in [0.3, 0.4) is 0 Å². The minimum atomic E-state index is -0.674. The molecule has 0 atom stereocenters. The smallest absolute Gasteiger partial charge is 0.343 e. The van der Waals surface area contributed by atoms with Crippen LogP contribution in [0.1, 0.15) is 36.7 Å². The quantitative estimate of drug-likeness (QED) is 0.146. The normalized spacial score (nSPS) is 11.5. The zero-order valence-corrected chi connectivity index (χ0v) is 18.2. The number of hydrogen-bond acceptors (Lipinski definition) is 5. The van der Waals surface area contributed by atoms with Gasteiger partial charge in [0.25, 0.3) is 0 Å². The van der Waals surface area contributed by atoms with Gasteiger partial charge in [-0.25, -0.2) is 4.79 Å². The number of rotatable bonds is 7. The maximum Gasteiger partial charge on any atom is 0.343 e. The van der Waals surface area contributed by atoms with E-state index in [0.29, 0.717) is 11.3 Å². The number of hydrogen-bond donors (Lipinski definition) is 0. The number of Topliss-reactive ketones (excluding diaryl/α,β-unsaturated/α-hetero) is 1. The van der Waals surface area contributed by atoms with E-state index < -0.39 is 11.8 Å². The third-order valence-electron chi connectivity index (χ3n) is 3.12. The number of carbonyl (C=O) groups excluding carboxylic acids is 2. The van der Waals surface area contributed by atoms with Crippen molar-refractivity contribution in [3.05, 3.63) is 37.6 Å². The second-order valence-corrected chi connectivity index (χ2v) is 7.44. The molecule has 25 heavy (non-hydrogen) atoms. The summed E-state index contributed by atoms with van der Waals surface area (Å²) in [6, 6.07) is 1.64. The molecule has 0 heterocycles. The fraction of sp³-hybridized carbons (Fsp3) is 0.444. The Balaban J connectivity index is 3.43. The first-order valence-electron chi connectivity index (χ1n) is 7.85. The van der Waals surface area contributed by atoms with E-state index in [1.807, 2.05) is 13.8 Å². The highest BCUT2D eigenvalue weighted by Gasteiger charge is 2.26. The zero-order chi connectivity index (χ0) is 19.3. The Morgan fingerprint density at radius 3 is 2.44 bits per heavy atom. The van der Waals surface area contributed by atoms with Gasteiger partial charge in [0.1, 0.15) is 11.3 Å². The first-order valence-corrected chi connectivity index (χ1v) is 9.31. The van der Waals surface area contributed by atoms with Gasteiger partial charge in [-0.2, -0.15) is 0 Å². The molecule has 0 bridgehead atoms. The topological polar surface area (TPSA) is 55.8 Å². The molecule has 5 nitrogen and oxygen atoms in total. The highest BCUT2D eigenvalue weighted by atomic mass is 127. The molecule has 1 aromatic rings. The number of ether oxygens (including phenoxy) is 2. The van der Waals surface area contributed by atoms with Crippen molar-refractivity contribution in [3.63, 3.8) is 0 Å². The average Bonchev–Trinajstić information content (AvgIpc) is 2.51. The molecule has 0 saturated heterocycles. The van der Waals surface area contributed by atoms with Crippen LogP contribution in [-0.2, 0) is 9.53 Å². The predicted molar refractivity (Wildman–Crippen MR) is 107 cm³/mol. The van der Waals surface area contributed by atoms with E-state index in [9.17, 15) is 9.59 Å². The van der Waals surface area contributed by atoms with Crippen LogP contribution in [0.15, 0.2) is 17.8 Å². The maximum absolute atomic E-state index is 12.9. The summed E-state index contributed by atoms with van der Waals surface area (Å²) in [7, 11) is 3.45. The largest absolute Gasteiger partial charge is 0.490 e. The third-order valence-corrected chi connectivity index (χ3v) is 4.41. The molecule has 1 rings (SSSR count). The van der Waals surface area contributed by atoms with Crippen molar-refractivity contribution >= 4 is 45.9 Å². The van der Waals surface area contributed by atoms with Gasteiger partial charge in [-0.05, 0) is 56.4 Å². The van der Waals surface area contributed by atoms with Crippen molar-refractivity contribution < 1.29 is 19.1 Å². The molecule has 0 radical (unpaired) electrons. The summed E-state index contributed by atoms with van der Waals surface area (Å²) >= 11 is 8.51. The Morgan fingerprint density at radius 2 is 1.96 bits per heavy atom. The van der Waals surface area contributed by atoms with Crippen LogP contribution in [0.25, 0.3) is 0 Å². The molecular weight excluding hydrogens is 457 g/mol. The number of ketones is 1. The van der Waals surface area contributed by atoms with E-state index >= 15 is 0 Å². The Morgan fingerprint density at radius 1 is 1.36 bits per heavy atom. The third kappa shape index (κ3) is 5.60. The Kier molecular flexibility index (Phi) is 8.21. The highest BCUT2D eigenvalue weighted by Crippen LogP contribution is 2.35. The van der Waals surface area contributed by atoms with Crippen LogP contribution in [0.4, 0.5) is 0 Å². The van der Waals surface area contributed by atoms with Crippen LogP contribution < -0.4 is 4.74 Å². The van der Waals surface area contributed by atoms with Gasteiger partial charge in [-0.3, -0.25) is 4.79 Å². The van der Waals surface area contributed by atoms with Crippen LogP contribution in [0.2, 0.25) is 5.02 Å². The first kappa shape index (κ1) is 21.8. The van der Waals surface area contributed by atoms with Gasteiger partial charge in [0.15, 0.2) is 0 Å². The van der Waals surface area contributed by atoms with E-state index in [4.69, 9.17) is 21.1 Å². The molecule has 0 aliphatic heterocycles. The van der Waals surface area contributed by atoms with Crippen molar-refractivity contribution in [1.29, 1.82) is 0 Å². The first-order chi connectivity index (χ1) is 11.6. The summed E-state index contributed by atoms with van der Waals surface area (Å²) in [6.45, 7) is 7.50. The summed E-state index contributed by atoms with van der Waals surface area (Å²) in [4.78, 5) is 26.7. The molecule has 0 spiro atoms. The average molecular weight is 480 g/mol. The molecule has 138 valence electrons. The lowest BCUT2D eigenvalue weighted by Crippen LogP contribution is -2.20. The summed E-state index contributed by atoms with van der Waals surface area (Å²) in [5.74, 6) is -0.506. The summed E-state index contributed by atoms with van der Waals surface area (Å²) in [5, 5.41) is 0.273. The van der Waals surface area contributed by atoms with E-state index in [2.05, 4.69) is 22.6 Å². The number of nitrogens with zero attached hydrogens (tertiary/aromatic N) is 1. The SMILES string of the molecule is CCOC(=O)/C(=C\N(C)C)C(=O)c1cc(I)c(OC(C)C)c(C)c1Cl. The van der Waals surface area contributed by atoms with Gasteiger partial charge in [-0.15, -0.1) is 0 Å². The lowest BCUT2D eigenvalue weighted by Gasteiger charge is -2.18. The molecule has 0 aliphatic rings. The fourth-order valence-electron chi connectivity index (χ4n) is 2.10. The number of benzene rings is 1. The van der Waals surface area contributed by atoms with Crippen molar-refractivity contribution in [2.75, 3.05) is 20.7 Å². The van der Waals surface area contributed by atoms with Crippen LogP contribution in [0, 0.1) is 10.5 Å². The molecule has 0 fully saturated rings. The summed E-state index contributed by atoms with van der Waals surface area (Å²) in [6.07, 6.45) is 1.42. The van der Waals surface area contributed by atoms with Gasteiger partial charge in [-0.1, -0.05) is 11.6 Å². The zero-order valence-electron chi connectivity index (χ0n) is 15.3. The molecule has 0 unspecified atom stereocenters. The summed E-state index contributed by atoms with van der Waals surface area (Å²) in [5.41, 5.74) is 0.848. The number of halogens is 2. The van der Waals surface area contributed by atoms with Crippen LogP contribution >= 0.6 is 34.2 Å². The van der Waals surface area contributed by atoms with Gasteiger partial charge in [0.2, 0.25) is 5.78 Å². The van der Waals surface area contributed by atoms with Crippen LogP contribution in [-0.4, -0.2) is 43.5 Å². The van der Waals surface area contributed by atoms with Crippen molar-refractivity contribution in [2.24, 2.45) is 0 Å². The van der Waals surface area contributed by atoms with Crippen molar-refractivity contribution in [2.45, 2.75) is 33.8 Å². The Hall–Kier alpha value is -1.28. The second kappa shape index (κ2) is 9.43. The van der Waals surface area contributed by atoms with Crippen molar-refractivity contribution in [1.82, 2.24) is 4.90 Å². The van der Waals surface area contributed by atoms with Gasteiger partial charge < -0.3 is 14.4 Å². The number of esters is 1. The van der Waals surface area contributed by atoms with E-state index in [1.54, 1.807) is 38.9 Å². The van der Waals surface area contributed by atoms with Crippen molar-refractivity contribution in [3.8, 4) is 5.75 Å². The predicted octanol–water partition coefficient (Wildman–Crippen LogP) is 4.23. The van der Waals surface area contributed by atoms with Crippen LogP contribution in [0.5, 0.6) is 5.75 Å². The molecule has 7 heteroatoms. The molecule has 0 N–H and O–H groups in total.